The molecule has 0 bridgehead atoms. The Morgan fingerprint density at radius 1 is 1.47 bits per heavy atom. The summed E-state index contributed by atoms with van der Waals surface area (Å²) >= 11 is 0. The third kappa shape index (κ3) is 3.36. The van der Waals surface area contributed by atoms with E-state index in [-0.39, 0.29) is 17.9 Å². The van der Waals surface area contributed by atoms with Gasteiger partial charge in [0.15, 0.2) is 0 Å². The molecule has 2 aliphatic heterocycles. The molecule has 1 atom stereocenters. The van der Waals surface area contributed by atoms with Crippen LogP contribution in [-0.2, 0) is 4.74 Å². The molecular formula is C12H23N5O2. The molecule has 0 aromatic rings. The molecule has 7 nitrogen and oxygen atoms in total. The quantitative estimate of drug-likeness (QED) is 0.408. The summed E-state index contributed by atoms with van der Waals surface area (Å²) in [7, 11) is 2.03. The topological polar surface area (TPSA) is 103 Å². The number of hydrogen-bond acceptors (Lipinski definition) is 4. The van der Waals surface area contributed by atoms with Gasteiger partial charge in [-0.25, -0.2) is 4.79 Å². The number of urea groups is 1. The first-order valence-corrected chi connectivity index (χ1v) is 6.71. The van der Waals surface area contributed by atoms with Crippen molar-refractivity contribution >= 4 is 11.9 Å². The number of likely N-dealkylation sites (tertiary alicyclic amines) is 1. The van der Waals surface area contributed by atoms with Crippen LogP contribution in [0.5, 0.6) is 0 Å². The Morgan fingerprint density at radius 2 is 2.16 bits per heavy atom. The van der Waals surface area contributed by atoms with Gasteiger partial charge < -0.3 is 26.0 Å². The van der Waals surface area contributed by atoms with E-state index in [4.69, 9.17) is 15.9 Å². The Kier molecular flexibility index (Phi) is 4.26. The first kappa shape index (κ1) is 14.1. The molecule has 7 heteroatoms. The second-order valence-corrected chi connectivity index (χ2v) is 5.46. The van der Waals surface area contributed by atoms with Crippen LogP contribution >= 0.6 is 0 Å². The van der Waals surface area contributed by atoms with E-state index >= 15 is 0 Å². The standard InChI is InChI=1S/C12H23N5O2/c1-17-5-3-12(4-6-17,10(13)14)16-11(18)15-9-2-7-19-8-9/h9H,2-8H2,1H3,(H3,13,14)(H2,15,16,18). The number of hydrogen-bond donors (Lipinski definition) is 4. The summed E-state index contributed by atoms with van der Waals surface area (Å²) in [4.78, 5) is 14.2. The fraction of sp³-hybridized carbons (Fsp3) is 0.833. The number of carbonyl (C=O) groups excluding carboxylic acids is 1. The maximum absolute atomic E-state index is 12.0. The number of piperidine rings is 1. The number of amides is 2. The van der Waals surface area contributed by atoms with Gasteiger partial charge in [-0.05, 0) is 26.3 Å². The van der Waals surface area contributed by atoms with Crippen molar-refractivity contribution in [1.29, 1.82) is 5.41 Å². The summed E-state index contributed by atoms with van der Waals surface area (Å²) in [5, 5.41) is 13.5. The van der Waals surface area contributed by atoms with Crippen molar-refractivity contribution in [2.24, 2.45) is 5.73 Å². The molecule has 0 aromatic carbocycles. The van der Waals surface area contributed by atoms with Gasteiger partial charge in [0.25, 0.3) is 0 Å². The fourth-order valence-corrected chi connectivity index (χ4v) is 2.55. The van der Waals surface area contributed by atoms with Crippen LogP contribution in [0.4, 0.5) is 4.79 Å². The molecule has 0 aromatic heterocycles. The Morgan fingerprint density at radius 3 is 2.68 bits per heavy atom. The minimum absolute atomic E-state index is 0.0402. The smallest absolute Gasteiger partial charge is 0.315 e. The third-order valence-electron chi connectivity index (χ3n) is 3.97. The van der Waals surface area contributed by atoms with Gasteiger partial charge in [-0.2, -0.15) is 0 Å². The van der Waals surface area contributed by atoms with Crippen LogP contribution in [0.3, 0.4) is 0 Å². The predicted octanol–water partition coefficient (Wildman–Crippen LogP) is -0.525. The zero-order valence-corrected chi connectivity index (χ0v) is 11.4. The zero-order chi connectivity index (χ0) is 13.9. The lowest BCUT2D eigenvalue weighted by molar-refractivity contribution is 0.180. The fourth-order valence-electron chi connectivity index (χ4n) is 2.55. The largest absolute Gasteiger partial charge is 0.386 e. The van der Waals surface area contributed by atoms with Crippen LogP contribution in [0, 0.1) is 5.41 Å². The highest BCUT2D eigenvalue weighted by atomic mass is 16.5. The molecule has 2 amide bonds. The lowest BCUT2D eigenvalue weighted by Crippen LogP contribution is -2.64. The first-order valence-electron chi connectivity index (χ1n) is 6.71. The Labute approximate surface area is 113 Å². The number of nitrogens with two attached hydrogens (primary N) is 1. The molecule has 0 saturated carbocycles. The number of carbonyl (C=O) groups is 1. The average molecular weight is 269 g/mol. The number of rotatable bonds is 3. The first-order chi connectivity index (χ1) is 9.02. The number of ether oxygens (including phenoxy) is 1. The van der Waals surface area contributed by atoms with E-state index in [1.807, 2.05) is 7.05 Å². The summed E-state index contributed by atoms with van der Waals surface area (Å²) < 4.78 is 5.22. The normalized spacial score (nSPS) is 26.9. The lowest BCUT2D eigenvalue weighted by atomic mass is 9.86. The van der Waals surface area contributed by atoms with E-state index in [1.165, 1.54) is 0 Å². The summed E-state index contributed by atoms with van der Waals surface area (Å²) in [6.45, 7) is 2.90. The van der Waals surface area contributed by atoms with E-state index in [0.29, 0.717) is 26.1 Å². The Hall–Kier alpha value is -1.34. The van der Waals surface area contributed by atoms with Crippen molar-refractivity contribution < 1.29 is 9.53 Å². The van der Waals surface area contributed by atoms with E-state index in [2.05, 4.69) is 15.5 Å². The third-order valence-corrected chi connectivity index (χ3v) is 3.97. The molecule has 1 unspecified atom stereocenters. The average Bonchev–Trinajstić information content (AvgIpc) is 2.84. The molecule has 0 spiro atoms. The van der Waals surface area contributed by atoms with Crippen LogP contribution in [-0.4, -0.2) is 61.7 Å². The Balaban J connectivity index is 1.92. The number of amidine groups is 1. The summed E-state index contributed by atoms with van der Waals surface area (Å²) in [5.41, 5.74) is 5.00. The molecule has 5 N–H and O–H groups in total. The summed E-state index contributed by atoms with van der Waals surface area (Å²) in [6.07, 6.45) is 2.18. The molecule has 2 heterocycles. The minimum atomic E-state index is -0.698. The van der Waals surface area contributed by atoms with Crippen molar-refractivity contribution in [3.63, 3.8) is 0 Å². The maximum atomic E-state index is 12.0. The SMILES string of the molecule is CN1CCC(NC(=O)NC2CCOC2)(C(=N)N)CC1. The van der Waals surface area contributed by atoms with Crippen LogP contribution in [0.25, 0.3) is 0 Å². The van der Waals surface area contributed by atoms with Crippen molar-refractivity contribution in [3.05, 3.63) is 0 Å². The molecule has 2 fully saturated rings. The van der Waals surface area contributed by atoms with Crippen molar-refractivity contribution in [1.82, 2.24) is 15.5 Å². The molecule has 2 rings (SSSR count). The number of nitrogens with one attached hydrogen (secondary N) is 3. The minimum Gasteiger partial charge on any atom is -0.386 e. The molecule has 0 aliphatic carbocycles. The van der Waals surface area contributed by atoms with Gasteiger partial charge in [-0.1, -0.05) is 0 Å². The monoisotopic (exact) mass is 269 g/mol. The zero-order valence-electron chi connectivity index (χ0n) is 11.4. The van der Waals surface area contributed by atoms with E-state index in [1.54, 1.807) is 0 Å². The summed E-state index contributed by atoms with van der Waals surface area (Å²) in [6, 6.07) is -0.189. The van der Waals surface area contributed by atoms with Crippen molar-refractivity contribution in [3.8, 4) is 0 Å². The Bertz CT molecular complexity index is 346. The summed E-state index contributed by atoms with van der Waals surface area (Å²) in [5.74, 6) is 0.0402. The van der Waals surface area contributed by atoms with E-state index in [0.717, 1.165) is 19.5 Å². The second kappa shape index (κ2) is 5.75. The van der Waals surface area contributed by atoms with Gasteiger partial charge in [0, 0.05) is 19.7 Å². The van der Waals surface area contributed by atoms with Crippen LogP contribution < -0.4 is 16.4 Å². The van der Waals surface area contributed by atoms with E-state index in [9.17, 15) is 4.79 Å². The maximum Gasteiger partial charge on any atom is 0.315 e. The van der Waals surface area contributed by atoms with Gasteiger partial charge in [-0.15, -0.1) is 0 Å². The van der Waals surface area contributed by atoms with Gasteiger partial charge in [0.2, 0.25) is 0 Å². The van der Waals surface area contributed by atoms with Crippen molar-refractivity contribution in [2.45, 2.75) is 30.8 Å². The van der Waals surface area contributed by atoms with Crippen LogP contribution in [0.2, 0.25) is 0 Å². The molecule has 0 radical (unpaired) electrons. The molecule has 2 aliphatic rings. The highest BCUT2D eigenvalue weighted by molar-refractivity contribution is 5.92. The highest BCUT2D eigenvalue weighted by Crippen LogP contribution is 2.21. The van der Waals surface area contributed by atoms with Crippen LogP contribution in [0.1, 0.15) is 19.3 Å². The molecular weight excluding hydrogens is 246 g/mol. The molecule has 2 saturated heterocycles. The predicted molar refractivity (Wildman–Crippen MR) is 72.3 cm³/mol. The molecule has 19 heavy (non-hydrogen) atoms. The van der Waals surface area contributed by atoms with Gasteiger partial charge >= 0.3 is 6.03 Å². The highest BCUT2D eigenvalue weighted by Gasteiger charge is 2.38. The van der Waals surface area contributed by atoms with Gasteiger partial charge in [-0.3, -0.25) is 5.41 Å². The lowest BCUT2D eigenvalue weighted by Gasteiger charge is -2.40. The van der Waals surface area contributed by atoms with Crippen molar-refractivity contribution in [2.75, 3.05) is 33.4 Å². The van der Waals surface area contributed by atoms with E-state index < -0.39 is 5.54 Å². The molecule has 108 valence electrons. The van der Waals surface area contributed by atoms with Crippen LogP contribution in [0.15, 0.2) is 0 Å². The number of nitrogens with zero attached hydrogens (tertiary/aromatic N) is 1. The van der Waals surface area contributed by atoms with Gasteiger partial charge in [0.05, 0.1) is 12.6 Å². The second-order valence-electron chi connectivity index (χ2n) is 5.46. The van der Waals surface area contributed by atoms with Gasteiger partial charge in [0.1, 0.15) is 11.4 Å².